The summed E-state index contributed by atoms with van der Waals surface area (Å²) in [4.78, 5) is 13.3. The maximum Gasteiger partial charge on any atom is 0.354 e. The SMILES string of the molecule is COC(=O)c1c(C)c2c3c(Cl)ccc2n1CCCOc1cc(cc2cc(F)ccc12)CCc1cc(nn1C)CSCc1c-3c(C)nn1C. The third-order valence-electron chi connectivity index (χ3n) is 9.30. The number of methoxy groups -OCH3 is 1. The van der Waals surface area contributed by atoms with Gasteiger partial charge in [0.1, 0.15) is 17.3 Å². The highest BCUT2D eigenvalue weighted by Crippen LogP contribution is 2.43. The molecule has 0 atom stereocenters. The molecular weight excluding hydrogens is 649 g/mol. The minimum Gasteiger partial charge on any atom is -0.493 e. The highest BCUT2D eigenvalue weighted by atomic mass is 35.5. The van der Waals surface area contributed by atoms with Crippen molar-refractivity contribution in [1.82, 2.24) is 24.1 Å². The van der Waals surface area contributed by atoms with Gasteiger partial charge in [0.2, 0.25) is 0 Å². The van der Waals surface area contributed by atoms with E-state index in [-0.39, 0.29) is 5.82 Å². The number of aryl methyl sites for hydroxylation is 7. The van der Waals surface area contributed by atoms with Crippen LogP contribution < -0.4 is 4.74 Å². The number of aromatic nitrogens is 5. The Bertz CT molecular complexity index is 2220. The normalized spacial score (nSPS) is 14.1. The van der Waals surface area contributed by atoms with Gasteiger partial charge in [-0.1, -0.05) is 17.7 Å². The lowest BCUT2D eigenvalue weighted by Gasteiger charge is -2.14. The van der Waals surface area contributed by atoms with E-state index in [1.807, 2.05) is 60.1 Å². The predicted molar refractivity (Wildman–Crippen MR) is 190 cm³/mol. The van der Waals surface area contributed by atoms with Crippen molar-refractivity contribution in [3.63, 3.8) is 0 Å². The molecule has 0 N–H and O–H groups in total. The van der Waals surface area contributed by atoms with Crippen LogP contribution in [0, 0.1) is 19.7 Å². The zero-order valence-corrected chi connectivity index (χ0v) is 29.3. The van der Waals surface area contributed by atoms with Crippen molar-refractivity contribution in [1.29, 1.82) is 0 Å². The number of fused-ring (bicyclic) bond motifs is 8. The molecule has 0 saturated heterocycles. The monoisotopic (exact) mass is 685 g/mol. The Morgan fingerprint density at radius 1 is 1.00 bits per heavy atom. The number of esters is 1. The van der Waals surface area contributed by atoms with Gasteiger partial charge < -0.3 is 14.0 Å². The first-order chi connectivity index (χ1) is 23.1. The Kier molecular flexibility index (Phi) is 8.72. The maximum atomic E-state index is 14.3. The fraction of sp³-hybridized carbons (Fsp3) is 0.324. The van der Waals surface area contributed by atoms with Crippen LogP contribution in [0.2, 0.25) is 5.02 Å². The van der Waals surface area contributed by atoms with Crippen molar-refractivity contribution in [2.75, 3.05) is 13.7 Å². The molecule has 7 rings (SSSR count). The minimum absolute atomic E-state index is 0.283. The second-order valence-corrected chi connectivity index (χ2v) is 13.8. The quantitative estimate of drug-likeness (QED) is 0.163. The summed E-state index contributed by atoms with van der Waals surface area (Å²) in [5.74, 6) is 1.45. The number of rotatable bonds is 1. The summed E-state index contributed by atoms with van der Waals surface area (Å²) in [7, 11) is 5.35. The molecule has 8 nitrogen and oxygen atoms in total. The first kappa shape index (κ1) is 32.3. The molecule has 4 heterocycles. The van der Waals surface area contributed by atoms with Gasteiger partial charge in [-0.2, -0.15) is 10.2 Å². The Morgan fingerprint density at radius 3 is 2.65 bits per heavy atom. The number of benzene rings is 3. The number of thioether (sulfide) groups is 1. The van der Waals surface area contributed by atoms with Crippen molar-refractivity contribution < 1.29 is 18.7 Å². The standard InChI is InChI=1S/C37H37ClFN5O3S/c1-21-33-30-12-11-29(38)35(33)34-22(2)40-43(4)31(34)20-48-19-26-18-27(42(3)41-26)9-7-23-15-24-17-25(39)8-10-28(24)32(16-23)47-14-6-13-44(30)36(21)37(45)46-5/h8,10-12,15-18H,6-7,9,13-14,19-20H2,1-5H3. The lowest BCUT2D eigenvalue weighted by Crippen LogP contribution is -2.13. The summed E-state index contributed by atoms with van der Waals surface area (Å²) in [6.07, 6.45) is 2.16. The van der Waals surface area contributed by atoms with E-state index in [4.69, 9.17) is 31.3 Å². The smallest absolute Gasteiger partial charge is 0.354 e. The van der Waals surface area contributed by atoms with E-state index in [0.717, 1.165) is 85.3 Å². The van der Waals surface area contributed by atoms with Gasteiger partial charge in [-0.3, -0.25) is 9.36 Å². The third-order valence-corrected chi connectivity index (χ3v) is 10.6. The van der Waals surface area contributed by atoms with Crippen LogP contribution >= 0.6 is 23.4 Å². The van der Waals surface area contributed by atoms with Crippen LogP contribution in [0.25, 0.3) is 32.8 Å². The van der Waals surface area contributed by atoms with Crippen LogP contribution in [0.5, 0.6) is 5.75 Å². The zero-order valence-electron chi connectivity index (χ0n) is 27.7. The van der Waals surface area contributed by atoms with Gasteiger partial charge in [0.15, 0.2) is 0 Å². The summed E-state index contributed by atoms with van der Waals surface area (Å²) in [6.45, 7) is 4.86. The van der Waals surface area contributed by atoms with Gasteiger partial charge in [0.05, 0.1) is 30.8 Å². The maximum absolute atomic E-state index is 14.3. The van der Waals surface area contributed by atoms with Gasteiger partial charge in [-0.05, 0) is 92.1 Å². The van der Waals surface area contributed by atoms with Crippen molar-refractivity contribution in [2.24, 2.45) is 14.1 Å². The average molecular weight is 686 g/mol. The van der Waals surface area contributed by atoms with E-state index in [9.17, 15) is 9.18 Å². The minimum atomic E-state index is -0.407. The molecule has 11 heteroatoms. The summed E-state index contributed by atoms with van der Waals surface area (Å²) >= 11 is 8.81. The molecule has 248 valence electrons. The largest absolute Gasteiger partial charge is 0.493 e. The van der Waals surface area contributed by atoms with Crippen LogP contribution in [0.15, 0.2) is 48.5 Å². The molecule has 6 aromatic rings. The Labute approximate surface area is 287 Å². The summed E-state index contributed by atoms with van der Waals surface area (Å²) in [6, 6.07) is 14.9. The molecule has 0 spiro atoms. The van der Waals surface area contributed by atoms with Crippen molar-refractivity contribution in [3.8, 4) is 16.9 Å². The van der Waals surface area contributed by atoms with E-state index in [0.29, 0.717) is 41.8 Å². The van der Waals surface area contributed by atoms with Crippen LogP contribution in [-0.2, 0) is 49.7 Å². The highest BCUT2D eigenvalue weighted by molar-refractivity contribution is 7.97. The number of nitrogens with zero attached hydrogens (tertiary/aromatic N) is 5. The van der Waals surface area contributed by atoms with E-state index in [1.165, 1.54) is 13.2 Å². The third kappa shape index (κ3) is 5.75. The van der Waals surface area contributed by atoms with Gasteiger partial charge in [0.25, 0.3) is 0 Å². The van der Waals surface area contributed by atoms with Gasteiger partial charge >= 0.3 is 5.97 Å². The van der Waals surface area contributed by atoms with Gasteiger partial charge in [-0.15, -0.1) is 11.8 Å². The fourth-order valence-electron chi connectivity index (χ4n) is 7.08. The molecule has 3 aromatic carbocycles. The van der Waals surface area contributed by atoms with Crippen LogP contribution in [0.4, 0.5) is 4.39 Å². The molecule has 48 heavy (non-hydrogen) atoms. The van der Waals surface area contributed by atoms with Crippen molar-refractivity contribution >= 4 is 51.0 Å². The number of halogens is 2. The van der Waals surface area contributed by atoms with Crippen LogP contribution in [-0.4, -0.2) is 43.8 Å². The molecule has 0 radical (unpaired) electrons. The number of hydrogen-bond acceptors (Lipinski definition) is 6. The van der Waals surface area contributed by atoms with Crippen LogP contribution in [0.1, 0.15) is 50.8 Å². The number of carbonyl (C=O) groups excluding carboxylic acids is 1. The topological polar surface area (TPSA) is 76.1 Å². The van der Waals surface area contributed by atoms with Crippen LogP contribution in [0.3, 0.4) is 0 Å². The predicted octanol–water partition coefficient (Wildman–Crippen LogP) is 8.13. The average Bonchev–Trinajstić information content (AvgIpc) is 3.66. The number of hydrogen-bond donors (Lipinski definition) is 0. The Balaban J connectivity index is 1.37. The van der Waals surface area contributed by atoms with E-state index >= 15 is 0 Å². The molecule has 8 bridgehead atoms. The first-order valence-electron chi connectivity index (χ1n) is 16.0. The molecule has 1 aliphatic heterocycles. The zero-order chi connectivity index (χ0) is 33.7. The fourth-order valence-corrected chi connectivity index (χ4v) is 8.31. The molecule has 3 aromatic heterocycles. The molecule has 0 fully saturated rings. The Morgan fingerprint density at radius 2 is 1.83 bits per heavy atom. The second kappa shape index (κ2) is 13.0. The highest BCUT2D eigenvalue weighted by Gasteiger charge is 2.27. The lowest BCUT2D eigenvalue weighted by molar-refractivity contribution is 0.0587. The van der Waals surface area contributed by atoms with Gasteiger partial charge in [-0.25, -0.2) is 9.18 Å². The molecular formula is C37H37ClFN5O3S. The second-order valence-electron chi connectivity index (χ2n) is 12.4. The molecule has 0 amide bonds. The van der Waals surface area contributed by atoms with Gasteiger partial charge in [0, 0.05) is 70.3 Å². The molecule has 0 saturated carbocycles. The van der Waals surface area contributed by atoms with Crippen molar-refractivity contribution in [3.05, 3.63) is 99.0 Å². The van der Waals surface area contributed by atoms with E-state index < -0.39 is 5.97 Å². The lowest BCUT2D eigenvalue weighted by atomic mass is 9.97. The summed E-state index contributed by atoms with van der Waals surface area (Å²) < 4.78 is 31.9. The first-order valence-corrected chi connectivity index (χ1v) is 17.5. The summed E-state index contributed by atoms with van der Waals surface area (Å²) in [5.41, 5.74) is 9.17. The molecule has 0 unspecified atom stereocenters. The molecule has 1 aliphatic rings. The summed E-state index contributed by atoms with van der Waals surface area (Å²) in [5, 5.41) is 12.8. The van der Waals surface area contributed by atoms with Crippen molar-refractivity contribution in [2.45, 2.75) is 51.2 Å². The molecule has 0 aliphatic carbocycles. The van der Waals surface area contributed by atoms with E-state index in [1.54, 1.807) is 23.9 Å². The number of carbonyl (C=O) groups is 1. The Hall–Kier alpha value is -4.28. The number of ether oxygens (including phenoxy) is 2. The van der Waals surface area contributed by atoms with E-state index in [2.05, 4.69) is 12.1 Å².